The van der Waals surface area contributed by atoms with E-state index in [1.165, 1.54) is 0 Å². The molecule has 29 heavy (non-hydrogen) atoms. The highest BCUT2D eigenvalue weighted by Gasteiger charge is 2.43. The van der Waals surface area contributed by atoms with Crippen molar-refractivity contribution in [1.82, 2.24) is 0 Å². The molecule has 1 spiro atoms. The molecule has 4 N–H and O–H groups in total. The Hall–Kier alpha value is -2.57. The molecule has 6 nitrogen and oxygen atoms in total. The molecule has 0 bridgehead atoms. The molecular weight excluding hydrogens is 409 g/mol. The smallest absolute Gasteiger partial charge is 0.220 e. The lowest BCUT2D eigenvalue weighted by Gasteiger charge is -2.46. The number of ketones is 1. The number of aliphatic imine (C=N–C) groups is 2. The number of carbonyl (C=O) groups excluding carboxylic acids is 1. The minimum atomic E-state index is -0.655. The lowest BCUT2D eigenvalue weighted by Crippen LogP contribution is -2.58. The molecule has 2 aromatic rings. The molecule has 2 aromatic carbocycles. The SMILES string of the molecule is NC1=NC2(CCCCC2)N(c2ccc(Cl)cc2C(=O)c2ccccc2Cl)C(N)=N1. The second-order valence-electron chi connectivity index (χ2n) is 7.29. The normalized spacial score (nSPS) is 18.3. The minimum absolute atomic E-state index is 0.161. The van der Waals surface area contributed by atoms with Crippen LogP contribution in [0.2, 0.25) is 10.0 Å². The molecule has 8 heteroatoms. The summed E-state index contributed by atoms with van der Waals surface area (Å²) in [4.78, 5) is 24.1. The van der Waals surface area contributed by atoms with Gasteiger partial charge in [-0.1, -0.05) is 41.8 Å². The third kappa shape index (κ3) is 3.58. The number of anilines is 1. The van der Waals surface area contributed by atoms with Crippen molar-refractivity contribution in [2.24, 2.45) is 21.5 Å². The second kappa shape index (κ2) is 7.69. The number of rotatable bonds is 3. The molecule has 0 amide bonds. The number of hydrogen-bond acceptors (Lipinski definition) is 6. The van der Waals surface area contributed by atoms with Gasteiger partial charge >= 0.3 is 0 Å². The summed E-state index contributed by atoms with van der Waals surface area (Å²) >= 11 is 12.5. The first-order valence-electron chi connectivity index (χ1n) is 9.50. The zero-order valence-corrected chi connectivity index (χ0v) is 17.2. The van der Waals surface area contributed by atoms with Gasteiger partial charge in [0.1, 0.15) is 5.66 Å². The van der Waals surface area contributed by atoms with Gasteiger partial charge in [-0.3, -0.25) is 9.69 Å². The molecule has 1 saturated carbocycles. The van der Waals surface area contributed by atoms with Crippen molar-refractivity contribution in [2.45, 2.75) is 37.8 Å². The summed E-state index contributed by atoms with van der Waals surface area (Å²) in [5, 5.41) is 0.815. The number of hydrogen-bond donors (Lipinski definition) is 2. The molecule has 150 valence electrons. The summed E-state index contributed by atoms with van der Waals surface area (Å²) in [7, 11) is 0. The van der Waals surface area contributed by atoms with Crippen molar-refractivity contribution in [3.63, 3.8) is 0 Å². The number of benzene rings is 2. The highest BCUT2D eigenvalue weighted by atomic mass is 35.5. The largest absolute Gasteiger partial charge is 0.369 e. The number of guanidine groups is 2. The first-order valence-corrected chi connectivity index (χ1v) is 10.3. The minimum Gasteiger partial charge on any atom is -0.369 e. The van der Waals surface area contributed by atoms with E-state index >= 15 is 0 Å². The third-order valence-electron chi connectivity index (χ3n) is 5.41. The molecule has 0 atom stereocenters. The predicted molar refractivity (Wildman–Crippen MR) is 118 cm³/mol. The molecule has 4 rings (SSSR count). The van der Waals surface area contributed by atoms with Crippen LogP contribution in [0.3, 0.4) is 0 Å². The van der Waals surface area contributed by atoms with Gasteiger partial charge in [-0.25, -0.2) is 4.99 Å². The number of nitrogens with two attached hydrogens (primary N) is 2. The van der Waals surface area contributed by atoms with Crippen LogP contribution >= 0.6 is 23.2 Å². The number of halogens is 2. The number of carbonyl (C=O) groups is 1. The molecule has 0 aromatic heterocycles. The predicted octanol–water partition coefficient (Wildman–Crippen LogP) is 4.33. The van der Waals surface area contributed by atoms with Crippen LogP contribution in [0.15, 0.2) is 52.4 Å². The topological polar surface area (TPSA) is 97.1 Å². The molecule has 1 aliphatic heterocycles. The quantitative estimate of drug-likeness (QED) is 0.709. The molecule has 0 saturated heterocycles. The van der Waals surface area contributed by atoms with E-state index in [4.69, 9.17) is 34.7 Å². The zero-order chi connectivity index (χ0) is 20.6. The van der Waals surface area contributed by atoms with Gasteiger partial charge in [0.25, 0.3) is 0 Å². The summed E-state index contributed by atoms with van der Waals surface area (Å²) in [6.45, 7) is 0. The second-order valence-corrected chi connectivity index (χ2v) is 8.13. The van der Waals surface area contributed by atoms with Crippen molar-refractivity contribution in [1.29, 1.82) is 0 Å². The fourth-order valence-electron chi connectivity index (χ4n) is 4.15. The van der Waals surface area contributed by atoms with Crippen LogP contribution in [0.4, 0.5) is 5.69 Å². The zero-order valence-electron chi connectivity index (χ0n) is 15.7. The standard InChI is InChI=1S/C21H21Cl2N5O/c22-13-8-9-17(15(12-13)18(29)14-6-2-3-7-16(14)23)28-20(25)26-19(24)27-21(28)10-4-1-5-11-21/h2-3,6-9,12H,1,4-5,10-11H2,(H4,24,25,26,27). The molecule has 2 aliphatic rings. The molecule has 1 fully saturated rings. The average molecular weight is 430 g/mol. The van der Waals surface area contributed by atoms with Crippen molar-refractivity contribution in [3.8, 4) is 0 Å². The van der Waals surface area contributed by atoms with E-state index in [-0.39, 0.29) is 17.7 Å². The van der Waals surface area contributed by atoms with Gasteiger partial charge in [0.15, 0.2) is 5.78 Å². The molecule has 0 unspecified atom stereocenters. The fourth-order valence-corrected chi connectivity index (χ4v) is 4.54. The first-order chi connectivity index (χ1) is 13.9. The molecular formula is C21H21Cl2N5O. The maximum Gasteiger partial charge on any atom is 0.220 e. The molecule has 0 radical (unpaired) electrons. The van der Waals surface area contributed by atoms with E-state index in [1.807, 2.05) is 4.90 Å². The third-order valence-corrected chi connectivity index (χ3v) is 5.98. The lowest BCUT2D eigenvalue weighted by atomic mass is 9.86. The van der Waals surface area contributed by atoms with E-state index in [2.05, 4.69) is 9.98 Å². The van der Waals surface area contributed by atoms with E-state index in [9.17, 15) is 4.79 Å². The van der Waals surface area contributed by atoms with Gasteiger partial charge in [0.2, 0.25) is 11.9 Å². The van der Waals surface area contributed by atoms with Gasteiger partial charge in [0.05, 0.1) is 10.7 Å². The Balaban J connectivity index is 1.88. The van der Waals surface area contributed by atoms with Crippen molar-refractivity contribution in [3.05, 3.63) is 63.6 Å². The van der Waals surface area contributed by atoms with Gasteiger partial charge < -0.3 is 11.5 Å². The van der Waals surface area contributed by atoms with Crippen LogP contribution in [0, 0.1) is 0 Å². The van der Waals surface area contributed by atoms with Gasteiger partial charge in [-0.05, 0) is 56.0 Å². The summed E-state index contributed by atoms with van der Waals surface area (Å²) < 4.78 is 0. The van der Waals surface area contributed by atoms with Gasteiger partial charge in [0, 0.05) is 16.1 Å². The highest BCUT2D eigenvalue weighted by molar-refractivity contribution is 6.36. The van der Waals surface area contributed by atoms with E-state index in [1.54, 1.807) is 42.5 Å². The maximum absolute atomic E-state index is 13.4. The van der Waals surface area contributed by atoms with Gasteiger partial charge in [-0.2, -0.15) is 4.99 Å². The van der Waals surface area contributed by atoms with E-state index in [0.717, 1.165) is 32.1 Å². The Labute approximate surface area is 179 Å². The Morgan fingerprint density at radius 3 is 2.45 bits per heavy atom. The summed E-state index contributed by atoms with van der Waals surface area (Å²) in [5.74, 6) is 0.137. The van der Waals surface area contributed by atoms with E-state index in [0.29, 0.717) is 26.9 Å². The highest BCUT2D eigenvalue weighted by Crippen LogP contribution is 2.41. The maximum atomic E-state index is 13.4. The fraction of sp³-hybridized carbons (Fsp3) is 0.286. The average Bonchev–Trinajstić information content (AvgIpc) is 2.69. The lowest BCUT2D eigenvalue weighted by molar-refractivity contribution is 0.103. The van der Waals surface area contributed by atoms with Crippen LogP contribution in [-0.4, -0.2) is 23.4 Å². The Kier molecular flexibility index (Phi) is 5.23. The van der Waals surface area contributed by atoms with Crippen LogP contribution in [0.1, 0.15) is 48.0 Å². The summed E-state index contributed by atoms with van der Waals surface area (Å²) in [6, 6.07) is 12.1. The Morgan fingerprint density at radius 1 is 1.00 bits per heavy atom. The monoisotopic (exact) mass is 429 g/mol. The van der Waals surface area contributed by atoms with Crippen molar-refractivity contribution >= 4 is 46.6 Å². The summed E-state index contributed by atoms with van der Waals surface area (Å²) in [6.07, 6.45) is 4.64. The summed E-state index contributed by atoms with van der Waals surface area (Å²) in [5.41, 5.74) is 13.0. The van der Waals surface area contributed by atoms with Crippen molar-refractivity contribution < 1.29 is 4.79 Å². The Morgan fingerprint density at radius 2 is 1.72 bits per heavy atom. The van der Waals surface area contributed by atoms with Crippen LogP contribution in [0.5, 0.6) is 0 Å². The van der Waals surface area contributed by atoms with Crippen LogP contribution < -0.4 is 16.4 Å². The number of nitrogens with zero attached hydrogens (tertiary/aromatic N) is 3. The molecule has 1 aliphatic carbocycles. The van der Waals surface area contributed by atoms with Crippen LogP contribution in [0.25, 0.3) is 0 Å². The molecule has 1 heterocycles. The Bertz CT molecular complexity index is 1030. The van der Waals surface area contributed by atoms with Crippen LogP contribution in [-0.2, 0) is 0 Å². The van der Waals surface area contributed by atoms with Gasteiger partial charge in [-0.15, -0.1) is 0 Å². The first kappa shape index (κ1) is 19.7. The van der Waals surface area contributed by atoms with Crippen molar-refractivity contribution in [2.75, 3.05) is 4.90 Å². The van der Waals surface area contributed by atoms with E-state index < -0.39 is 5.66 Å².